The van der Waals surface area contributed by atoms with Gasteiger partial charge in [0.25, 0.3) is 12.0 Å². The first kappa shape index (κ1) is 19.1. The second kappa shape index (κ2) is 8.36. The Morgan fingerprint density at radius 3 is 2.82 bits per heavy atom. The molecule has 0 aliphatic heterocycles. The highest BCUT2D eigenvalue weighted by Gasteiger charge is 2.12. The summed E-state index contributed by atoms with van der Waals surface area (Å²) >= 11 is 0. The van der Waals surface area contributed by atoms with Gasteiger partial charge in [0, 0.05) is 19.2 Å². The van der Waals surface area contributed by atoms with E-state index >= 15 is 0 Å². The van der Waals surface area contributed by atoms with Gasteiger partial charge < -0.3 is 16.4 Å². The molecule has 0 aromatic carbocycles. The molecule has 144 valence electrons. The molecule has 0 aliphatic carbocycles. The minimum Gasteiger partial charge on any atom is -0.381 e. The average molecular weight is 386 g/mol. The minimum atomic E-state index is -2.68. The molecule has 3 rings (SSSR count). The number of hydrogen-bond donors (Lipinski definition) is 3. The summed E-state index contributed by atoms with van der Waals surface area (Å²) in [4.78, 5) is 24.2. The number of nitrogens with zero attached hydrogens (tertiary/aromatic N) is 5. The number of aromatic nitrogens is 4. The predicted octanol–water partition coefficient (Wildman–Crippen LogP) is 1.44. The highest BCUT2D eigenvalue weighted by atomic mass is 19.3. The van der Waals surface area contributed by atoms with Crippen molar-refractivity contribution in [1.29, 1.82) is 5.26 Å². The van der Waals surface area contributed by atoms with Crippen LogP contribution in [-0.2, 0) is 6.54 Å². The molecule has 0 saturated carbocycles. The van der Waals surface area contributed by atoms with Gasteiger partial charge >= 0.3 is 0 Å². The van der Waals surface area contributed by atoms with E-state index in [1.807, 2.05) is 6.07 Å². The zero-order valence-electron chi connectivity index (χ0n) is 14.6. The maximum absolute atomic E-state index is 12.7. The number of nitrogens with one attached hydrogen (secondary N) is 2. The van der Waals surface area contributed by atoms with Crippen molar-refractivity contribution in [3.05, 3.63) is 46.6 Å². The van der Waals surface area contributed by atoms with E-state index in [9.17, 15) is 13.6 Å². The van der Waals surface area contributed by atoms with Crippen molar-refractivity contribution in [2.24, 2.45) is 5.73 Å². The SMILES string of the molecule is N#Cc1ncc(Nc2ncc3c(ccc(=O)n3CC(F)F)n2)cc1NCCN. The maximum Gasteiger partial charge on any atom is 0.256 e. The Bertz CT molecular complexity index is 1090. The Morgan fingerprint density at radius 1 is 1.29 bits per heavy atom. The molecule has 3 aromatic rings. The van der Waals surface area contributed by atoms with Gasteiger partial charge in [-0.1, -0.05) is 0 Å². The molecule has 11 heteroatoms. The first-order chi connectivity index (χ1) is 13.5. The van der Waals surface area contributed by atoms with Gasteiger partial charge in [-0.2, -0.15) is 5.26 Å². The number of rotatable bonds is 7. The van der Waals surface area contributed by atoms with Crippen molar-refractivity contribution in [3.63, 3.8) is 0 Å². The zero-order chi connectivity index (χ0) is 20.1. The van der Waals surface area contributed by atoms with Crippen LogP contribution in [0.2, 0.25) is 0 Å². The van der Waals surface area contributed by atoms with E-state index in [0.717, 1.165) is 4.57 Å². The quantitative estimate of drug-likeness (QED) is 0.555. The van der Waals surface area contributed by atoms with Crippen LogP contribution in [0.5, 0.6) is 0 Å². The molecule has 0 fully saturated rings. The van der Waals surface area contributed by atoms with Gasteiger partial charge in [-0.15, -0.1) is 0 Å². The van der Waals surface area contributed by atoms with Crippen molar-refractivity contribution < 1.29 is 8.78 Å². The van der Waals surface area contributed by atoms with Gasteiger partial charge in [-0.05, 0) is 12.1 Å². The third-order valence-corrected chi connectivity index (χ3v) is 3.77. The molecule has 3 aromatic heterocycles. The van der Waals surface area contributed by atoms with Crippen LogP contribution in [0.1, 0.15) is 5.69 Å². The number of fused-ring (bicyclic) bond motifs is 1. The van der Waals surface area contributed by atoms with Crippen LogP contribution in [0.25, 0.3) is 11.0 Å². The van der Waals surface area contributed by atoms with Crippen molar-refractivity contribution in [2.75, 3.05) is 23.7 Å². The van der Waals surface area contributed by atoms with Crippen molar-refractivity contribution >= 4 is 28.4 Å². The molecule has 0 atom stereocenters. The number of halogens is 2. The summed E-state index contributed by atoms with van der Waals surface area (Å²) < 4.78 is 26.4. The van der Waals surface area contributed by atoms with Crippen molar-refractivity contribution in [2.45, 2.75) is 13.0 Å². The van der Waals surface area contributed by atoms with Crippen LogP contribution < -0.4 is 21.9 Å². The first-order valence-corrected chi connectivity index (χ1v) is 8.27. The fourth-order valence-corrected chi connectivity index (χ4v) is 2.56. The molecular weight excluding hydrogens is 370 g/mol. The van der Waals surface area contributed by atoms with Crippen LogP contribution >= 0.6 is 0 Å². The summed E-state index contributed by atoms with van der Waals surface area (Å²) in [5.74, 6) is 0.186. The van der Waals surface area contributed by atoms with E-state index in [1.54, 1.807) is 6.07 Å². The molecule has 0 amide bonds. The molecule has 0 radical (unpaired) electrons. The Hall–Kier alpha value is -3.65. The second-order valence-electron chi connectivity index (χ2n) is 5.71. The highest BCUT2D eigenvalue weighted by Crippen LogP contribution is 2.21. The van der Waals surface area contributed by atoms with Gasteiger partial charge in [-0.25, -0.2) is 23.7 Å². The first-order valence-electron chi connectivity index (χ1n) is 8.27. The number of pyridine rings is 2. The molecule has 0 spiro atoms. The number of nitrogens with two attached hydrogens (primary N) is 1. The number of anilines is 3. The molecule has 0 bridgehead atoms. The molecule has 28 heavy (non-hydrogen) atoms. The minimum absolute atomic E-state index is 0.186. The lowest BCUT2D eigenvalue weighted by molar-refractivity contribution is 0.127. The smallest absolute Gasteiger partial charge is 0.256 e. The van der Waals surface area contributed by atoms with Gasteiger partial charge in [0.15, 0.2) is 5.69 Å². The molecule has 4 N–H and O–H groups in total. The van der Waals surface area contributed by atoms with Crippen LogP contribution in [0.15, 0.2) is 35.4 Å². The van der Waals surface area contributed by atoms with Gasteiger partial charge in [0.1, 0.15) is 6.07 Å². The topological polar surface area (TPSA) is 135 Å². The standard InChI is InChI=1S/C17H16F2N8O/c18-15(19)9-27-14-8-24-17(26-11(14)1-2-16(27)28)25-10-5-12(22-4-3-20)13(6-21)23-7-10/h1-2,5,7-8,15,22H,3-4,9,20H2,(H,24,25,26). The third-order valence-electron chi connectivity index (χ3n) is 3.77. The Kier molecular flexibility index (Phi) is 5.71. The summed E-state index contributed by atoms with van der Waals surface area (Å²) in [6, 6.07) is 6.26. The van der Waals surface area contributed by atoms with Crippen molar-refractivity contribution in [3.8, 4) is 6.07 Å². The number of alkyl halides is 2. The van der Waals surface area contributed by atoms with Crippen LogP contribution in [0.4, 0.5) is 26.1 Å². The molecule has 9 nitrogen and oxygen atoms in total. The molecule has 0 unspecified atom stereocenters. The summed E-state index contributed by atoms with van der Waals surface area (Å²) in [5.41, 5.74) is 6.69. The Balaban J connectivity index is 1.92. The van der Waals surface area contributed by atoms with Gasteiger partial charge in [0.2, 0.25) is 5.95 Å². The van der Waals surface area contributed by atoms with Crippen LogP contribution in [-0.4, -0.2) is 39.0 Å². The van der Waals surface area contributed by atoms with Crippen LogP contribution in [0.3, 0.4) is 0 Å². The molecule has 0 aliphatic rings. The van der Waals surface area contributed by atoms with Gasteiger partial charge in [0.05, 0.1) is 41.3 Å². The third kappa shape index (κ3) is 4.18. The lowest BCUT2D eigenvalue weighted by atomic mass is 10.3. The maximum atomic E-state index is 12.7. The summed E-state index contributed by atoms with van der Waals surface area (Å²) in [6.07, 6.45) is 0.0709. The lowest BCUT2D eigenvalue weighted by Gasteiger charge is -2.11. The zero-order valence-corrected chi connectivity index (χ0v) is 14.6. The fraction of sp³-hybridized carbons (Fsp3) is 0.235. The molecule has 0 saturated heterocycles. The van der Waals surface area contributed by atoms with Crippen LogP contribution in [0, 0.1) is 11.3 Å². The lowest BCUT2D eigenvalue weighted by Crippen LogP contribution is -2.23. The van der Waals surface area contributed by atoms with E-state index in [0.29, 0.717) is 30.0 Å². The largest absolute Gasteiger partial charge is 0.381 e. The summed E-state index contributed by atoms with van der Waals surface area (Å²) in [7, 11) is 0. The van der Waals surface area contributed by atoms with E-state index < -0.39 is 18.5 Å². The Labute approximate surface area is 157 Å². The summed E-state index contributed by atoms with van der Waals surface area (Å²) in [5, 5.41) is 15.1. The van der Waals surface area contributed by atoms with E-state index in [2.05, 4.69) is 25.6 Å². The monoisotopic (exact) mass is 386 g/mol. The highest BCUT2D eigenvalue weighted by molar-refractivity contribution is 5.75. The van der Waals surface area contributed by atoms with Gasteiger partial charge in [-0.3, -0.25) is 9.36 Å². The normalized spacial score (nSPS) is 10.8. The predicted molar refractivity (Wildman–Crippen MR) is 99.6 cm³/mol. The molecular formula is C17H16F2N8O. The Morgan fingerprint density at radius 2 is 2.11 bits per heavy atom. The van der Waals surface area contributed by atoms with E-state index in [4.69, 9.17) is 11.0 Å². The fourth-order valence-electron chi connectivity index (χ4n) is 2.56. The number of hydrogen-bond acceptors (Lipinski definition) is 8. The summed E-state index contributed by atoms with van der Waals surface area (Å²) in [6.45, 7) is 0.118. The number of nitriles is 1. The van der Waals surface area contributed by atoms with E-state index in [1.165, 1.54) is 24.5 Å². The average Bonchev–Trinajstić information content (AvgIpc) is 2.68. The second-order valence-corrected chi connectivity index (χ2v) is 5.71. The van der Waals surface area contributed by atoms with Crippen molar-refractivity contribution in [1.82, 2.24) is 19.5 Å². The molecule has 3 heterocycles. The van der Waals surface area contributed by atoms with E-state index in [-0.39, 0.29) is 17.2 Å².